The molecule has 0 atom stereocenters. The number of aromatic hydroxyl groups is 1. The van der Waals surface area contributed by atoms with Gasteiger partial charge in [-0.05, 0) is 55.2 Å². The highest BCUT2D eigenvalue weighted by atomic mass is 35.5. The van der Waals surface area contributed by atoms with Crippen LogP contribution in [-0.4, -0.2) is 85.4 Å². The molecule has 2 amide bonds. The van der Waals surface area contributed by atoms with E-state index in [1.807, 2.05) is 17.9 Å². The van der Waals surface area contributed by atoms with Crippen molar-refractivity contribution in [2.75, 3.05) is 49.6 Å². The van der Waals surface area contributed by atoms with Crippen LogP contribution in [0, 0.1) is 6.92 Å². The SMILES string of the molecule is CCc1c(N2CCN(C(=O)c3ncccc3O)CC2)c(=O)n2nc(C3=CCOCC3)nc2n1CC(=O)Nc1cc(C(F)(F)F)c(Cl)cc1C. The number of aromatic nitrogens is 5. The molecule has 13 nitrogen and oxygen atoms in total. The molecule has 0 spiro atoms. The maximum absolute atomic E-state index is 14.1. The molecule has 5 heterocycles. The number of nitrogens with one attached hydrogen (secondary N) is 1. The van der Waals surface area contributed by atoms with E-state index in [1.54, 1.807) is 4.57 Å². The third kappa shape index (κ3) is 6.70. The summed E-state index contributed by atoms with van der Waals surface area (Å²) in [5, 5.41) is 16.7. The van der Waals surface area contributed by atoms with Crippen molar-refractivity contribution in [2.45, 2.75) is 39.4 Å². The van der Waals surface area contributed by atoms with Crippen LogP contribution in [0.4, 0.5) is 24.5 Å². The quantitative estimate of drug-likeness (QED) is 0.293. The van der Waals surface area contributed by atoms with E-state index in [9.17, 15) is 32.7 Å². The van der Waals surface area contributed by atoms with Crippen molar-refractivity contribution in [3.8, 4) is 5.75 Å². The van der Waals surface area contributed by atoms with Crippen LogP contribution in [0.3, 0.4) is 0 Å². The van der Waals surface area contributed by atoms with Crippen LogP contribution in [0.2, 0.25) is 5.02 Å². The maximum atomic E-state index is 14.1. The third-order valence-electron chi connectivity index (χ3n) is 8.48. The number of ether oxygens (including phenoxy) is 1. The summed E-state index contributed by atoms with van der Waals surface area (Å²) < 4.78 is 48.9. The molecule has 0 unspecified atom stereocenters. The molecular weight excluding hydrogens is 669 g/mol. The first-order valence-corrected chi connectivity index (χ1v) is 15.9. The zero-order valence-electron chi connectivity index (χ0n) is 26.6. The summed E-state index contributed by atoms with van der Waals surface area (Å²) in [6.45, 7) is 4.64. The van der Waals surface area contributed by atoms with Crippen molar-refractivity contribution < 1.29 is 32.6 Å². The van der Waals surface area contributed by atoms with E-state index in [2.05, 4.69) is 20.4 Å². The Hall–Kier alpha value is -4.96. The van der Waals surface area contributed by atoms with Gasteiger partial charge in [0.25, 0.3) is 11.5 Å². The van der Waals surface area contributed by atoms with Crippen LogP contribution in [0.25, 0.3) is 11.4 Å². The minimum absolute atomic E-state index is 0.0636. The number of rotatable bonds is 7. The van der Waals surface area contributed by atoms with Gasteiger partial charge in [-0.2, -0.15) is 22.7 Å². The molecule has 0 bridgehead atoms. The number of amides is 2. The lowest BCUT2D eigenvalue weighted by Crippen LogP contribution is -2.51. The molecule has 2 aliphatic rings. The molecule has 1 fully saturated rings. The van der Waals surface area contributed by atoms with Crippen LogP contribution in [-0.2, 0) is 28.7 Å². The first-order chi connectivity index (χ1) is 23.4. The van der Waals surface area contributed by atoms with Gasteiger partial charge in [-0.1, -0.05) is 24.6 Å². The minimum atomic E-state index is -4.73. The zero-order valence-corrected chi connectivity index (χ0v) is 27.3. The molecule has 2 N–H and O–H groups in total. The number of nitrogens with zero attached hydrogens (tertiary/aromatic N) is 7. The minimum Gasteiger partial charge on any atom is -0.505 e. The van der Waals surface area contributed by atoms with Gasteiger partial charge in [0.1, 0.15) is 18.0 Å². The molecule has 2 aliphatic heterocycles. The Morgan fingerprint density at radius 3 is 2.57 bits per heavy atom. The van der Waals surface area contributed by atoms with E-state index >= 15 is 0 Å². The van der Waals surface area contributed by atoms with Crippen LogP contribution >= 0.6 is 11.6 Å². The molecule has 6 rings (SSSR count). The number of piperazine rings is 1. The Morgan fingerprint density at radius 2 is 1.92 bits per heavy atom. The van der Waals surface area contributed by atoms with Crippen molar-refractivity contribution in [2.24, 2.45) is 0 Å². The summed E-state index contributed by atoms with van der Waals surface area (Å²) >= 11 is 5.86. The largest absolute Gasteiger partial charge is 0.505 e. The van der Waals surface area contributed by atoms with E-state index < -0.39 is 40.7 Å². The highest BCUT2D eigenvalue weighted by Crippen LogP contribution is 2.37. The second kappa shape index (κ2) is 13.5. The number of pyridine rings is 1. The van der Waals surface area contributed by atoms with E-state index in [0.29, 0.717) is 36.7 Å². The van der Waals surface area contributed by atoms with Crippen LogP contribution < -0.4 is 15.8 Å². The van der Waals surface area contributed by atoms with E-state index in [4.69, 9.17) is 16.3 Å². The van der Waals surface area contributed by atoms with Gasteiger partial charge >= 0.3 is 6.18 Å². The number of fused-ring (bicyclic) bond motifs is 1. The highest BCUT2D eigenvalue weighted by molar-refractivity contribution is 6.31. The van der Waals surface area contributed by atoms with Crippen molar-refractivity contribution in [3.63, 3.8) is 0 Å². The van der Waals surface area contributed by atoms with Crippen LogP contribution in [0.5, 0.6) is 5.75 Å². The number of carbonyl (C=O) groups excluding carboxylic acids is 2. The number of anilines is 2. The first kappa shape index (κ1) is 33.9. The Balaban J connectivity index is 1.37. The number of halogens is 4. The Labute approximate surface area is 282 Å². The molecular formula is C32H32ClF3N8O5. The fraction of sp³-hybridized carbons (Fsp3) is 0.375. The molecule has 258 valence electrons. The van der Waals surface area contributed by atoms with E-state index in [0.717, 1.165) is 22.2 Å². The summed E-state index contributed by atoms with van der Waals surface area (Å²) in [7, 11) is 0. The van der Waals surface area contributed by atoms with Gasteiger partial charge in [0.15, 0.2) is 11.5 Å². The lowest BCUT2D eigenvalue weighted by molar-refractivity contribution is -0.137. The summed E-state index contributed by atoms with van der Waals surface area (Å²) in [6.07, 6.45) is -0.706. The zero-order chi connectivity index (χ0) is 35.0. The van der Waals surface area contributed by atoms with Gasteiger partial charge in [-0.15, -0.1) is 5.10 Å². The van der Waals surface area contributed by atoms with Crippen molar-refractivity contribution >= 4 is 46.1 Å². The summed E-state index contributed by atoms with van der Waals surface area (Å²) in [5.41, 5.74) is 0.123. The number of carbonyl (C=O) groups is 2. The molecule has 0 radical (unpaired) electrons. The fourth-order valence-corrected chi connectivity index (χ4v) is 6.32. The number of benzene rings is 1. The van der Waals surface area contributed by atoms with Gasteiger partial charge in [0, 0.05) is 38.1 Å². The van der Waals surface area contributed by atoms with Gasteiger partial charge in [0.05, 0.1) is 29.5 Å². The Kier molecular flexibility index (Phi) is 9.35. The number of alkyl halides is 3. The number of hydrogen-bond acceptors (Lipinski definition) is 9. The van der Waals surface area contributed by atoms with Crippen molar-refractivity contribution in [1.82, 2.24) is 29.0 Å². The predicted octanol–water partition coefficient (Wildman–Crippen LogP) is 3.94. The monoisotopic (exact) mass is 700 g/mol. The smallest absolute Gasteiger partial charge is 0.417 e. The predicted molar refractivity (Wildman–Crippen MR) is 174 cm³/mol. The fourth-order valence-electron chi connectivity index (χ4n) is 6.00. The number of aryl methyl sites for hydroxylation is 1. The Bertz CT molecular complexity index is 2040. The second-order valence-corrected chi connectivity index (χ2v) is 12.0. The van der Waals surface area contributed by atoms with Gasteiger partial charge in [-0.25, -0.2) is 4.98 Å². The van der Waals surface area contributed by atoms with Crippen LogP contribution in [0.1, 0.15) is 46.5 Å². The summed E-state index contributed by atoms with van der Waals surface area (Å²) in [5.74, 6) is -0.964. The second-order valence-electron chi connectivity index (χ2n) is 11.6. The molecule has 1 aromatic carbocycles. The maximum Gasteiger partial charge on any atom is 0.417 e. The van der Waals surface area contributed by atoms with E-state index in [1.165, 1.54) is 30.2 Å². The average Bonchev–Trinajstić information content (AvgIpc) is 3.53. The topological polar surface area (TPSA) is 147 Å². The lowest BCUT2D eigenvalue weighted by atomic mass is 10.1. The molecule has 1 saturated heterocycles. The normalized spacial score (nSPS) is 15.4. The molecule has 0 saturated carbocycles. The molecule has 0 aliphatic carbocycles. The van der Waals surface area contributed by atoms with E-state index in [-0.39, 0.29) is 61.2 Å². The lowest BCUT2D eigenvalue weighted by Gasteiger charge is -2.36. The van der Waals surface area contributed by atoms with Gasteiger partial charge < -0.3 is 29.5 Å². The summed E-state index contributed by atoms with van der Waals surface area (Å²) in [6, 6.07) is 4.83. The highest BCUT2D eigenvalue weighted by Gasteiger charge is 2.34. The van der Waals surface area contributed by atoms with Gasteiger partial charge in [0.2, 0.25) is 11.7 Å². The number of hydrogen-bond donors (Lipinski definition) is 2. The molecule has 4 aromatic rings. The summed E-state index contributed by atoms with van der Waals surface area (Å²) in [4.78, 5) is 52.8. The molecule has 3 aromatic heterocycles. The van der Waals surface area contributed by atoms with Gasteiger partial charge in [-0.3, -0.25) is 14.4 Å². The van der Waals surface area contributed by atoms with Crippen molar-refractivity contribution in [3.05, 3.63) is 80.3 Å². The molecule has 49 heavy (non-hydrogen) atoms. The standard InChI is InChI=1S/C32H32ClF3N8O5/c1-3-23-27(41-9-11-42(12-10-41)29(47)26-24(45)5-4-8-37-26)30(48)44-31(39-28(40-44)19-6-13-49-14-7-19)43(23)17-25(46)38-22-16-20(32(34,35)36)21(33)15-18(22)2/h4-6,8,15-16,45H,3,7,9-14,17H2,1-2H3,(H,38,46). The third-order valence-corrected chi connectivity index (χ3v) is 8.79. The average molecular weight is 701 g/mol. The first-order valence-electron chi connectivity index (χ1n) is 15.5. The molecule has 17 heteroatoms. The van der Waals surface area contributed by atoms with Crippen LogP contribution in [0.15, 0.2) is 41.3 Å². The van der Waals surface area contributed by atoms with Crippen molar-refractivity contribution in [1.29, 1.82) is 0 Å². The Morgan fingerprint density at radius 1 is 1.16 bits per heavy atom.